The summed E-state index contributed by atoms with van der Waals surface area (Å²) in [5, 5.41) is 0. The van der Waals surface area contributed by atoms with Crippen molar-refractivity contribution in [3.8, 4) is 134 Å². The van der Waals surface area contributed by atoms with Crippen LogP contribution >= 0.6 is 0 Å². The maximum atomic E-state index is 2.40. The van der Waals surface area contributed by atoms with Gasteiger partial charge in [-0.05, 0) is 319 Å². The summed E-state index contributed by atoms with van der Waals surface area (Å²) in [4.78, 5) is 0. The summed E-state index contributed by atoms with van der Waals surface area (Å²) >= 11 is 0. The molecule has 0 amide bonds. The molecule has 0 unspecified atom stereocenters. The zero-order valence-corrected chi connectivity index (χ0v) is 73.1. The lowest BCUT2D eigenvalue weighted by molar-refractivity contribution is -0.660. The molecule has 0 saturated heterocycles. The molecule has 4 heterocycles. The predicted octanol–water partition coefficient (Wildman–Crippen LogP) is 26.3. The first-order chi connectivity index (χ1) is 57.4. The lowest BCUT2D eigenvalue weighted by atomic mass is 9.89. The molecule has 20 rings (SSSR count). The molecule has 0 radical (unpaired) electrons. The zero-order chi connectivity index (χ0) is 83.1. The number of pyridine rings is 4. The summed E-state index contributed by atoms with van der Waals surface area (Å²) in [5.74, 6) is 0. The summed E-state index contributed by atoms with van der Waals surface area (Å²) in [5.41, 5.74) is 64.2. The maximum absolute atomic E-state index is 2.40. The van der Waals surface area contributed by atoms with Crippen molar-refractivity contribution in [3.63, 3.8) is 0 Å². The van der Waals surface area contributed by atoms with Crippen molar-refractivity contribution in [2.45, 2.75) is 130 Å². The molecule has 0 atom stereocenters. The SMILES string of the molecule is Cc1ccc2c(c1)-c1ccc(C)c(-c3cc(-c4ccccc4C)c(C)c[n+]3C)c1C2.Cc1ccccc1-c1c[n+](C)c(-c2c(C)cc(C)c3c2Cc2ccccc2-3)cc1C.Cc1ccccc1-c1c[n+](C)c(-c2c(C)ccc3c2Cc2ccccc2-3)cc1C.Cc1ccccc1-c1cc(-c2c(C)ccc3c2Cc2c(C)cccc2-3)[n+](C)cc1C. The van der Waals surface area contributed by atoms with Gasteiger partial charge in [0.2, 0.25) is 22.8 Å². The van der Waals surface area contributed by atoms with Crippen molar-refractivity contribution in [3.05, 3.63) is 401 Å². The zero-order valence-electron chi connectivity index (χ0n) is 73.1. The third-order valence-electron chi connectivity index (χ3n) is 26.4. The summed E-state index contributed by atoms with van der Waals surface area (Å²) in [7, 11) is 8.72. The van der Waals surface area contributed by atoms with E-state index in [1.165, 1.54) is 262 Å². The molecule has 0 bridgehead atoms. The summed E-state index contributed by atoms with van der Waals surface area (Å²) in [6, 6.07) is 91.7. The Hall–Kier alpha value is -12.8. The van der Waals surface area contributed by atoms with Crippen LogP contribution in [0.25, 0.3) is 134 Å². The number of rotatable bonds is 8. The van der Waals surface area contributed by atoms with Gasteiger partial charge in [-0.1, -0.05) is 230 Å². The summed E-state index contributed by atoms with van der Waals surface area (Å²) in [6.45, 7) is 33.4. The first-order valence-electron chi connectivity index (χ1n) is 42.5. The maximum Gasteiger partial charge on any atom is 0.213 e. The summed E-state index contributed by atoms with van der Waals surface area (Å²) < 4.78 is 9.22. The number of benzene rings is 12. The van der Waals surface area contributed by atoms with Crippen molar-refractivity contribution in [2.24, 2.45) is 28.2 Å². The van der Waals surface area contributed by atoms with Crippen LogP contribution in [0.2, 0.25) is 0 Å². The molecule has 0 fully saturated rings. The molecule has 4 aliphatic rings. The molecule has 4 heteroatoms. The normalized spacial score (nSPS) is 12.0. The van der Waals surface area contributed by atoms with Gasteiger partial charge in [0.1, 0.15) is 28.2 Å². The van der Waals surface area contributed by atoms with Gasteiger partial charge in [-0.3, -0.25) is 0 Å². The Morgan fingerprint density at radius 2 is 0.496 bits per heavy atom. The number of fused-ring (bicyclic) bond motifs is 12. The van der Waals surface area contributed by atoms with Gasteiger partial charge >= 0.3 is 0 Å². The van der Waals surface area contributed by atoms with E-state index in [1.807, 2.05) is 0 Å². The van der Waals surface area contributed by atoms with Crippen molar-refractivity contribution in [1.82, 2.24) is 0 Å². The van der Waals surface area contributed by atoms with Crippen LogP contribution in [0.1, 0.15) is 128 Å². The van der Waals surface area contributed by atoms with Gasteiger partial charge in [0, 0.05) is 46.5 Å². The number of aromatic nitrogens is 4. The van der Waals surface area contributed by atoms with Crippen molar-refractivity contribution >= 4 is 0 Å². The molecule has 16 aromatic rings. The molecule has 4 aromatic heterocycles. The lowest BCUT2D eigenvalue weighted by Gasteiger charge is -2.16. The van der Waals surface area contributed by atoms with E-state index in [0.29, 0.717) is 0 Å². The molecule has 586 valence electrons. The van der Waals surface area contributed by atoms with E-state index in [4.69, 9.17) is 0 Å². The van der Waals surface area contributed by atoms with E-state index in [-0.39, 0.29) is 0 Å². The Labute approximate surface area is 706 Å². The van der Waals surface area contributed by atoms with Crippen molar-refractivity contribution in [1.29, 1.82) is 0 Å². The van der Waals surface area contributed by atoms with Crippen LogP contribution in [0.3, 0.4) is 0 Å². The monoisotopic (exact) mass is 1550 g/mol. The average molecular weight is 1550 g/mol. The third kappa shape index (κ3) is 14.4. The van der Waals surface area contributed by atoms with E-state index < -0.39 is 0 Å². The van der Waals surface area contributed by atoms with Crippen LogP contribution in [-0.2, 0) is 53.9 Å². The van der Waals surface area contributed by atoms with E-state index >= 15 is 0 Å². The molecule has 119 heavy (non-hydrogen) atoms. The van der Waals surface area contributed by atoms with Gasteiger partial charge in [-0.25, -0.2) is 18.3 Å². The minimum absolute atomic E-state index is 1.01. The van der Waals surface area contributed by atoms with Crippen LogP contribution < -0.4 is 18.3 Å². The second kappa shape index (κ2) is 31.9. The van der Waals surface area contributed by atoms with Crippen LogP contribution in [0.5, 0.6) is 0 Å². The van der Waals surface area contributed by atoms with E-state index in [1.54, 1.807) is 0 Å². The van der Waals surface area contributed by atoms with E-state index in [2.05, 4.69) is 424 Å². The molecule has 0 spiro atoms. The quantitative estimate of drug-likeness (QED) is 0.135. The molecule has 4 nitrogen and oxygen atoms in total. The fourth-order valence-corrected chi connectivity index (χ4v) is 20.2. The minimum Gasteiger partial charge on any atom is -0.201 e. The van der Waals surface area contributed by atoms with Gasteiger partial charge in [-0.2, -0.15) is 0 Å². The first kappa shape index (κ1) is 78.7. The largest absolute Gasteiger partial charge is 0.213 e. The topological polar surface area (TPSA) is 15.5 Å². The number of hydrogen-bond donors (Lipinski definition) is 0. The van der Waals surface area contributed by atoms with Gasteiger partial charge in [0.05, 0.1) is 22.3 Å². The second-order valence-corrected chi connectivity index (χ2v) is 34.6. The van der Waals surface area contributed by atoms with E-state index in [0.717, 1.165) is 25.7 Å². The Kier molecular flexibility index (Phi) is 21.1. The van der Waals surface area contributed by atoms with E-state index in [9.17, 15) is 0 Å². The number of nitrogens with zero attached hydrogens (tertiary/aromatic N) is 4. The summed E-state index contributed by atoms with van der Waals surface area (Å²) in [6.07, 6.45) is 13.2. The Morgan fingerprint density at radius 1 is 0.168 bits per heavy atom. The fraction of sp³-hybridized carbons (Fsp3) is 0.200. The van der Waals surface area contributed by atoms with Crippen LogP contribution in [-0.4, -0.2) is 0 Å². The number of aryl methyl sites for hydroxylation is 19. The molecule has 0 N–H and O–H groups in total. The second-order valence-electron chi connectivity index (χ2n) is 34.6. The molecular weight excluding hydrogens is 1440 g/mol. The number of hydrogen-bond acceptors (Lipinski definition) is 0. The molecule has 4 aliphatic carbocycles. The van der Waals surface area contributed by atoms with Gasteiger partial charge < -0.3 is 0 Å². The highest BCUT2D eigenvalue weighted by molar-refractivity contribution is 5.92. The smallest absolute Gasteiger partial charge is 0.201 e. The lowest BCUT2D eigenvalue weighted by Crippen LogP contribution is -2.32. The highest BCUT2D eigenvalue weighted by atomic mass is 14.9. The van der Waals surface area contributed by atoms with Gasteiger partial charge in [0.15, 0.2) is 24.8 Å². The molecule has 12 aromatic carbocycles. The van der Waals surface area contributed by atoms with Crippen molar-refractivity contribution in [2.75, 3.05) is 0 Å². The van der Waals surface area contributed by atoms with Crippen LogP contribution in [0, 0.1) is 104 Å². The van der Waals surface area contributed by atoms with Crippen LogP contribution in [0.4, 0.5) is 0 Å². The molecule has 0 aliphatic heterocycles. The van der Waals surface area contributed by atoms with Crippen molar-refractivity contribution < 1.29 is 18.3 Å². The highest BCUT2D eigenvalue weighted by Gasteiger charge is 2.34. The average Bonchev–Trinajstić information content (AvgIpc) is 1.65. The first-order valence-corrected chi connectivity index (χ1v) is 42.5. The molecular formula is C115H110N4+4. The Bertz CT molecular complexity index is 6820. The fourth-order valence-electron chi connectivity index (χ4n) is 20.2. The minimum atomic E-state index is 1.01. The highest BCUT2D eigenvalue weighted by Crippen LogP contribution is 2.49. The van der Waals surface area contributed by atoms with Gasteiger partial charge in [0.25, 0.3) is 0 Å². The Balaban J connectivity index is 0.000000113. The standard InChI is InChI=1S/3C29H28N.C28H26N/c1-18-10-6-8-12-23(18)26-17-30(5)27(15-19(26)2)29-21(4)14-20(3)28-24-13-9-7-11-22(24)16-25(28)29;1-18-9-6-7-11-22(18)26-16-28(30(5)17-21(26)4)29-20(3)13-14-24-23-12-8-10-19(2)25(23)15-27(24)29;1-18-10-12-22-15-27-24(26(22)14-18)13-11-20(3)29(27)28-16-25(21(4)17-30(28)5)23-9-7-6-8-19(23)2;1-18-9-5-7-11-22(18)26-17-29(4)27(15-20(26)3)28-19(2)13-14-24-23-12-8-6-10-21(23)16-25(24)28/h6-15,17H,16H2,1-5H3;2*6-14,16-17H,15H2,1-5H3;5-15,17H,16H2,1-4H3/q4*+1. The molecule has 0 saturated carbocycles. The third-order valence-corrected chi connectivity index (χ3v) is 26.4. The van der Waals surface area contributed by atoms with Gasteiger partial charge in [-0.15, -0.1) is 0 Å². The Morgan fingerprint density at radius 3 is 0.966 bits per heavy atom. The predicted molar refractivity (Wildman–Crippen MR) is 498 cm³/mol. The van der Waals surface area contributed by atoms with Crippen LogP contribution in [0.15, 0.2) is 274 Å².